The number of rotatable bonds is 2. The number of likely N-dealkylation sites (tertiary alicyclic amines) is 1. The van der Waals surface area contributed by atoms with Crippen LogP contribution in [0.3, 0.4) is 0 Å². The van der Waals surface area contributed by atoms with Crippen LogP contribution in [0.4, 0.5) is 0 Å². The number of carbonyl (C=O) groups excluding carboxylic acids is 2. The molecule has 80 valence electrons. The number of aliphatic hydroxyl groups excluding tert-OH is 1. The third-order valence-corrected chi connectivity index (χ3v) is 2.87. The fourth-order valence-electron chi connectivity index (χ4n) is 1.99. The van der Waals surface area contributed by atoms with Crippen LogP contribution in [0.15, 0.2) is 23.8 Å². The van der Waals surface area contributed by atoms with Gasteiger partial charge in [-0.15, -0.1) is 0 Å². The molecule has 0 spiro atoms. The molecule has 2 rings (SSSR count). The molecule has 2 aliphatic rings. The Morgan fingerprint density at radius 3 is 2.93 bits per heavy atom. The van der Waals surface area contributed by atoms with Crippen LogP contribution in [-0.2, 0) is 9.59 Å². The van der Waals surface area contributed by atoms with E-state index in [9.17, 15) is 9.59 Å². The molecule has 0 bridgehead atoms. The van der Waals surface area contributed by atoms with Crippen LogP contribution in [-0.4, -0.2) is 34.5 Å². The van der Waals surface area contributed by atoms with Gasteiger partial charge in [-0.1, -0.05) is 18.2 Å². The van der Waals surface area contributed by atoms with Crippen molar-refractivity contribution in [1.82, 2.24) is 4.90 Å². The number of imide groups is 1. The van der Waals surface area contributed by atoms with Crippen molar-refractivity contribution in [3.05, 3.63) is 23.8 Å². The van der Waals surface area contributed by atoms with Gasteiger partial charge in [0.25, 0.3) is 5.91 Å². The van der Waals surface area contributed by atoms with Gasteiger partial charge in [0, 0.05) is 5.57 Å². The monoisotopic (exact) mass is 207 g/mol. The smallest absolute Gasteiger partial charge is 0.257 e. The molecule has 4 nitrogen and oxygen atoms in total. The lowest BCUT2D eigenvalue weighted by Crippen LogP contribution is -2.40. The molecule has 1 aliphatic carbocycles. The van der Waals surface area contributed by atoms with Crippen LogP contribution in [0.25, 0.3) is 0 Å². The van der Waals surface area contributed by atoms with Crippen molar-refractivity contribution in [2.75, 3.05) is 6.61 Å². The third kappa shape index (κ3) is 1.41. The van der Waals surface area contributed by atoms with Crippen molar-refractivity contribution in [3.63, 3.8) is 0 Å². The zero-order valence-electron chi connectivity index (χ0n) is 8.51. The molecule has 0 radical (unpaired) electrons. The molecule has 1 saturated heterocycles. The minimum Gasteiger partial charge on any atom is -0.394 e. The van der Waals surface area contributed by atoms with Gasteiger partial charge in [0.2, 0.25) is 5.91 Å². The fourth-order valence-corrected chi connectivity index (χ4v) is 1.99. The number of nitrogens with zero attached hydrogens (tertiary/aromatic N) is 1. The maximum absolute atomic E-state index is 11.9. The first kappa shape index (κ1) is 10.1. The van der Waals surface area contributed by atoms with Crippen molar-refractivity contribution in [2.45, 2.75) is 19.4 Å². The number of carbonyl (C=O) groups is 2. The Morgan fingerprint density at radius 1 is 1.60 bits per heavy atom. The van der Waals surface area contributed by atoms with Gasteiger partial charge in [-0.05, 0) is 13.3 Å². The summed E-state index contributed by atoms with van der Waals surface area (Å²) in [7, 11) is 0. The van der Waals surface area contributed by atoms with Gasteiger partial charge in [-0.2, -0.15) is 0 Å². The SMILES string of the molecule is CC(CO)N1C(=O)C2=CC=CC[C@H]2C1=O. The standard InChI is InChI=1S/C11H13NO3/c1-7(6-13)12-10(14)8-4-2-3-5-9(8)11(12)15/h2-4,7,9,13H,5-6H2,1H3/t7?,9-/m1/s1. The van der Waals surface area contributed by atoms with Gasteiger partial charge in [0.05, 0.1) is 18.6 Å². The molecule has 15 heavy (non-hydrogen) atoms. The molecule has 1 unspecified atom stereocenters. The maximum Gasteiger partial charge on any atom is 0.257 e. The summed E-state index contributed by atoms with van der Waals surface area (Å²) < 4.78 is 0. The van der Waals surface area contributed by atoms with E-state index in [-0.39, 0.29) is 24.3 Å². The second-order valence-corrected chi connectivity index (χ2v) is 3.88. The van der Waals surface area contributed by atoms with E-state index in [1.807, 2.05) is 6.08 Å². The quantitative estimate of drug-likeness (QED) is 0.660. The Morgan fingerprint density at radius 2 is 2.33 bits per heavy atom. The second kappa shape index (κ2) is 3.62. The number of amides is 2. The summed E-state index contributed by atoms with van der Waals surface area (Å²) in [5.41, 5.74) is 0.558. The highest BCUT2D eigenvalue weighted by Gasteiger charge is 2.44. The normalized spacial score (nSPS) is 26.7. The molecular formula is C11H13NO3. The van der Waals surface area contributed by atoms with Crippen molar-refractivity contribution < 1.29 is 14.7 Å². The molecule has 1 fully saturated rings. The summed E-state index contributed by atoms with van der Waals surface area (Å²) >= 11 is 0. The molecule has 1 aliphatic heterocycles. The van der Waals surface area contributed by atoms with Crippen LogP contribution in [0.2, 0.25) is 0 Å². The van der Waals surface area contributed by atoms with Gasteiger partial charge < -0.3 is 5.11 Å². The van der Waals surface area contributed by atoms with Crippen LogP contribution in [0.5, 0.6) is 0 Å². The summed E-state index contributed by atoms with van der Waals surface area (Å²) in [4.78, 5) is 24.9. The van der Waals surface area contributed by atoms with Crippen molar-refractivity contribution >= 4 is 11.8 Å². The number of aliphatic hydroxyl groups is 1. The zero-order chi connectivity index (χ0) is 11.0. The summed E-state index contributed by atoms with van der Waals surface area (Å²) in [5, 5.41) is 8.98. The minimum absolute atomic E-state index is 0.183. The lowest BCUT2D eigenvalue weighted by Gasteiger charge is -2.20. The highest BCUT2D eigenvalue weighted by molar-refractivity contribution is 6.15. The number of hydrogen-bond acceptors (Lipinski definition) is 3. The van der Waals surface area contributed by atoms with Crippen LogP contribution < -0.4 is 0 Å². The molecule has 2 amide bonds. The fraction of sp³-hybridized carbons (Fsp3) is 0.455. The number of fused-ring (bicyclic) bond motifs is 1. The summed E-state index contributed by atoms with van der Waals surface area (Å²) in [5.74, 6) is -0.760. The van der Waals surface area contributed by atoms with Crippen LogP contribution in [0.1, 0.15) is 13.3 Å². The Bertz CT molecular complexity index is 370. The Kier molecular flexibility index (Phi) is 2.44. The van der Waals surface area contributed by atoms with E-state index in [1.165, 1.54) is 4.90 Å². The Labute approximate surface area is 87.9 Å². The average molecular weight is 207 g/mol. The molecule has 0 aromatic carbocycles. The molecule has 0 aromatic rings. The number of hydrogen-bond donors (Lipinski definition) is 1. The molecular weight excluding hydrogens is 194 g/mol. The molecule has 1 heterocycles. The molecule has 0 aromatic heterocycles. The topological polar surface area (TPSA) is 57.6 Å². The zero-order valence-corrected chi connectivity index (χ0v) is 8.51. The second-order valence-electron chi connectivity index (χ2n) is 3.88. The lowest BCUT2D eigenvalue weighted by atomic mass is 9.94. The number of allylic oxidation sites excluding steroid dienone is 3. The van der Waals surface area contributed by atoms with Gasteiger partial charge in [0.15, 0.2) is 0 Å². The highest BCUT2D eigenvalue weighted by atomic mass is 16.3. The van der Waals surface area contributed by atoms with Crippen molar-refractivity contribution in [3.8, 4) is 0 Å². The van der Waals surface area contributed by atoms with Gasteiger partial charge >= 0.3 is 0 Å². The van der Waals surface area contributed by atoms with E-state index in [2.05, 4.69) is 0 Å². The maximum atomic E-state index is 11.9. The summed E-state index contributed by atoms with van der Waals surface area (Å²) in [6.07, 6.45) is 5.96. The minimum atomic E-state index is -0.434. The summed E-state index contributed by atoms with van der Waals surface area (Å²) in [6, 6.07) is -0.434. The predicted octanol–water partition coefficient (Wildman–Crippen LogP) is 0.239. The third-order valence-electron chi connectivity index (χ3n) is 2.87. The highest BCUT2D eigenvalue weighted by Crippen LogP contribution is 2.32. The molecule has 1 N–H and O–H groups in total. The van der Waals surface area contributed by atoms with E-state index < -0.39 is 6.04 Å². The van der Waals surface area contributed by atoms with E-state index in [1.54, 1.807) is 19.1 Å². The molecule has 0 saturated carbocycles. The van der Waals surface area contributed by atoms with E-state index >= 15 is 0 Å². The Hall–Kier alpha value is -1.42. The lowest BCUT2D eigenvalue weighted by molar-refractivity contribution is -0.142. The van der Waals surface area contributed by atoms with E-state index in [0.29, 0.717) is 12.0 Å². The Balaban J connectivity index is 2.33. The van der Waals surface area contributed by atoms with Gasteiger partial charge in [-0.3, -0.25) is 14.5 Å². The van der Waals surface area contributed by atoms with Crippen molar-refractivity contribution in [2.24, 2.45) is 5.92 Å². The molecule has 2 atom stereocenters. The van der Waals surface area contributed by atoms with E-state index in [4.69, 9.17) is 5.11 Å². The van der Waals surface area contributed by atoms with Gasteiger partial charge in [0.1, 0.15) is 0 Å². The first-order valence-corrected chi connectivity index (χ1v) is 5.01. The average Bonchev–Trinajstić information content (AvgIpc) is 2.52. The first-order chi connectivity index (χ1) is 7.16. The van der Waals surface area contributed by atoms with Gasteiger partial charge in [-0.25, -0.2) is 0 Å². The van der Waals surface area contributed by atoms with Crippen LogP contribution in [0, 0.1) is 5.92 Å². The molecule has 4 heteroatoms. The predicted molar refractivity (Wildman–Crippen MR) is 53.7 cm³/mol. The van der Waals surface area contributed by atoms with Crippen molar-refractivity contribution in [1.29, 1.82) is 0 Å². The van der Waals surface area contributed by atoms with Crippen LogP contribution >= 0.6 is 0 Å². The first-order valence-electron chi connectivity index (χ1n) is 5.01. The van der Waals surface area contributed by atoms with E-state index in [0.717, 1.165) is 0 Å². The summed E-state index contributed by atoms with van der Waals surface area (Å²) in [6.45, 7) is 1.48. The largest absolute Gasteiger partial charge is 0.394 e.